The van der Waals surface area contributed by atoms with E-state index in [0.29, 0.717) is 26.0 Å². The third-order valence-corrected chi connectivity index (χ3v) is 6.16. The van der Waals surface area contributed by atoms with Gasteiger partial charge in [0, 0.05) is 18.0 Å². The van der Waals surface area contributed by atoms with Crippen molar-refractivity contribution in [2.75, 3.05) is 6.61 Å². The highest BCUT2D eigenvalue weighted by Gasteiger charge is 2.47. The molecule has 0 bridgehead atoms. The van der Waals surface area contributed by atoms with Crippen LogP contribution in [-0.4, -0.2) is 34.9 Å². The molecule has 0 aromatic heterocycles. The maximum Gasteiger partial charge on any atom is 0.245 e. The first-order valence-electron chi connectivity index (χ1n) is 10.3. The molecule has 5 nitrogen and oxygen atoms in total. The number of rotatable bonds is 6. The number of likely N-dealkylation sites (tertiary alicyclic amines) is 1. The first-order valence-corrected chi connectivity index (χ1v) is 10.3. The summed E-state index contributed by atoms with van der Waals surface area (Å²) in [5.41, 5.74) is 0.152. The van der Waals surface area contributed by atoms with Gasteiger partial charge in [-0.05, 0) is 57.9 Å². The summed E-state index contributed by atoms with van der Waals surface area (Å²) in [7, 11) is 0. The summed E-state index contributed by atoms with van der Waals surface area (Å²) in [5.74, 6) is 1.55. The van der Waals surface area contributed by atoms with Crippen molar-refractivity contribution in [3.63, 3.8) is 0 Å². The Balaban J connectivity index is 1.73. The van der Waals surface area contributed by atoms with Crippen LogP contribution in [0.3, 0.4) is 0 Å². The highest BCUT2D eigenvalue weighted by molar-refractivity contribution is 5.94. The van der Waals surface area contributed by atoms with E-state index in [1.54, 1.807) is 4.90 Å². The largest absolute Gasteiger partial charge is 0.494 e. The molecule has 0 unspecified atom stereocenters. The van der Waals surface area contributed by atoms with Gasteiger partial charge in [0.25, 0.3) is 0 Å². The van der Waals surface area contributed by atoms with Crippen molar-refractivity contribution >= 4 is 11.8 Å². The lowest BCUT2D eigenvalue weighted by Gasteiger charge is -2.36. The number of nitrogens with one attached hydrogen (secondary N) is 1. The van der Waals surface area contributed by atoms with Crippen LogP contribution in [0.2, 0.25) is 0 Å². The minimum absolute atomic E-state index is 0.0122. The van der Waals surface area contributed by atoms with E-state index in [0.717, 1.165) is 42.9 Å². The van der Waals surface area contributed by atoms with Gasteiger partial charge in [0.2, 0.25) is 11.8 Å². The average molecular weight is 373 g/mol. The van der Waals surface area contributed by atoms with Gasteiger partial charge in [-0.25, -0.2) is 0 Å². The Bertz CT molecular complexity index is 682. The molecule has 1 atom stereocenters. The predicted octanol–water partition coefficient (Wildman–Crippen LogP) is 3.66. The molecule has 1 saturated carbocycles. The molecule has 1 aromatic carbocycles. The first-order chi connectivity index (χ1) is 12.9. The van der Waals surface area contributed by atoms with Crippen molar-refractivity contribution in [3.05, 3.63) is 29.8 Å². The third kappa shape index (κ3) is 4.28. The Hall–Kier alpha value is -2.04. The second-order valence-corrected chi connectivity index (χ2v) is 8.22. The monoisotopic (exact) mass is 372 g/mol. The van der Waals surface area contributed by atoms with E-state index in [-0.39, 0.29) is 17.9 Å². The maximum absolute atomic E-state index is 13.1. The van der Waals surface area contributed by atoms with Gasteiger partial charge in [0.05, 0.1) is 13.2 Å². The second kappa shape index (κ2) is 8.32. The molecule has 2 fully saturated rings. The molecule has 1 aliphatic carbocycles. The van der Waals surface area contributed by atoms with Crippen LogP contribution in [0.15, 0.2) is 24.3 Å². The maximum atomic E-state index is 13.1. The van der Waals surface area contributed by atoms with Crippen LogP contribution in [-0.2, 0) is 16.1 Å². The highest BCUT2D eigenvalue weighted by atomic mass is 16.5. The lowest BCUT2D eigenvalue weighted by Crippen LogP contribution is -2.56. The van der Waals surface area contributed by atoms with E-state index < -0.39 is 5.54 Å². The number of carbonyl (C=O) groups excluding carboxylic acids is 2. The standard InChI is InChI=1S/C22H32N2O3/c1-4-27-19-8-6-5-7-17(19)15-24-20(25)13-14-22(24,3)21(26)23-18-11-9-16(2)10-12-18/h5-8,16,18H,4,9-15H2,1-3H3,(H,23,26)/t16?,18?,22-/m1/s1. The molecule has 0 radical (unpaired) electrons. The Kier molecular flexibility index (Phi) is 6.08. The van der Waals surface area contributed by atoms with Gasteiger partial charge < -0.3 is 15.0 Å². The molecule has 2 aliphatic rings. The fourth-order valence-electron chi connectivity index (χ4n) is 4.24. The van der Waals surface area contributed by atoms with Crippen LogP contribution in [0.5, 0.6) is 5.75 Å². The molecule has 1 aromatic rings. The van der Waals surface area contributed by atoms with Crippen molar-refractivity contribution in [1.29, 1.82) is 0 Å². The molecule has 1 aliphatic heterocycles. The molecule has 0 spiro atoms. The van der Waals surface area contributed by atoms with Crippen molar-refractivity contribution in [3.8, 4) is 5.75 Å². The Morgan fingerprint density at radius 2 is 1.96 bits per heavy atom. The summed E-state index contributed by atoms with van der Waals surface area (Å²) in [5, 5.41) is 3.23. The van der Waals surface area contributed by atoms with Crippen molar-refractivity contribution in [1.82, 2.24) is 10.2 Å². The Morgan fingerprint density at radius 1 is 1.26 bits per heavy atom. The summed E-state index contributed by atoms with van der Waals surface area (Å²) in [6.45, 7) is 7.10. The molecular formula is C22H32N2O3. The number of hydrogen-bond acceptors (Lipinski definition) is 3. The summed E-state index contributed by atoms with van der Waals surface area (Å²) in [4.78, 5) is 27.5. The first kappa shape index (κ1) is 19.7. The molecular weight excluding hydrogens is 340 g/mol. The van der Waals surface area contributed by atoms with Crippen LogP contribution in [0.1, 0.15) is 64.9 Å². The van der Waals surface area contributed by atoms with Gasteiger partial charge in [-0.15, -0.1) is 0 Å². The van der Waals surface area contributed by atoms with E-state index >= 15 is 0 Å². The number of hydrogen-bond donors (Lipinski definition) is 1. The smallest absolute Gasteiger partial charge is 0.245 e. The number of ether oxygens (including phenoxy) is 1. The van der Waals surface area contributed by atoms with Gasteiger partial charge in [-0.1, -0.05) is 25.1 Å². The number of amides is 2. The number of para-hydroxylation sites is 1. The second-order valence-electron chi connectivity index (χ2n) is 8.22. The normalized spacial score (nSPS) is 28.3. The molecule has 5 heteroatoms. The van der Waals surface area contributed by atoms with Crippen LogP contribution < -0.4 is 10.1 Å². The van der Waals surface area contributed by atoms with E-state index in [2.05, 4.69) is 12.2 Å². The zero-order valence-corrected chi connectivity index (χ0v) is 16.8. The minimum Gasteiger partial charge on any atom is -0.494 e. The molecule has 27 heavy (non-hydrogen) atoms. The fourth-order valence-corrected chi connectivity index (χ4v) is 4.24. The quantitative estimate of drug-likeness (QED) is 0.829. The van der Waals surface area contributed by atoms with E-state index in [4.69, 9.17) is 4.74 Å². The summed E-state index contributed by atoms with van der Waals surface area (Å²) >= 11 is 0. The highest BCUT2D eigenvalue weighted by Crippen LogP contribution is 2.34. The molecule has 148 valence electrons. The van der Waals surface area contributed by atoms with Crippen molar-refractivity contribution in [2.45, 2.75) is 77.4 Å². The van der Waals surface area contributed by atoms with E-state index in [1.165, 1.54) is 0 Å². The molecule has 1 heterocycles. The summed E-state index contributed by atoms with van der Waals surface area (Å²) in [6.07, 6.45) is 5.37. The Morgan fingerprint density at radius 3 is 2.67 bits per heavy atom. The van der Waals surface area contributed by atoms with E-state index in [9.17, 15) is 9.59 Å². The predicted molar refractivity (Wildman–Crippen MR) is 105 cm³/mol. The summed E-state index contributed by atoms with van der Waals surface area (Å²) in [6, 6.07) is 7.99. The lowest BCUT2D eigenvalue weighted by atomic mass is 9.86. The zero-order valence-electron chi connectivity index (χ0n) is 16.8. The van der Waals surface area contributed by atoms with Gasteiger partial charge in [-0.2, -0.15) is 0 Å². The van der Waals surface area contributed by atoms with Crippen LogP contribution in [0.25, 0.3) is 0 Å². The lowest BCUT2D eigenvalue weighted by molar-refractivity contribution is -0.141. The van der Waals surface area contributed by atoms with Gasteiger partial charge >= 0.3 is 0 Å². The molecule has 2 amide bonds. The topological polar surface area (TPSA) is 58.6 Å². The third-order valence-electron chi connectivity index (χ3n) is 6.16. The molecule has 1 N–H and O–H groups in total. The van der Waals surface area contributed by atoms with Crippen LogP contribution in [0, 0.1) is 5.92 Å². The van der Waals surface area contributed by atoms with Gasteiger partial charge in [0.1, 0.15) is 11.3 Å². The summed E-state index contributed by atoms with van der Waals surface area (Å²) < 4.78 is 5.70. The SMILES string of the molecule is CCOc1ccccc1CN1C(=O)CC[C@]1(C)C(=O)NC1CCC(C)CC1. The van der Waals surface area contributed by atoms with Crippen LogP contribution in [0.4, 0.5) is 0 Å². The number of carbonyl (C=O) groups is 2. The average Bonchev–Trinajstić information content (AvgIpc) is 2.95. The molecule has 3 rings (SSSR count). The minimum atomic E-state index is -0.792. The van der Waals surface area contributed by atoms with Gasteiger partial charge in [-0.3, -0.25) is 9.59 Å². The van der Waals surface area contributed by atoms with Crippen molar-refractivity contribution < 1.29 is 14.3 Å². The Labute approximate surface area is 162 Å². The fraction of sp³-hybridized carbons (Fsp3) is 0.636. The molecule has 1 saturated heterocycles. The van der Waals surface area contributed by atoms with Gasteiger partial charge in [0.15, 0.2) is 0 Å². The van der Waals surface area contributed by atoms with Crippen LogP contribution >= 0.6 is 0 Å². The van der Waals surface area contributed by atoms with Crippen molar-refractivity contribution in [2.24, 2.45) is 5.92 Å². The van der Waals surface area contributed by atoms with E-state index in [1.807, 2.05) is 38.1 Å². The number of benzene rings is 1. The number of nitrogens with zero attached hydrogens (tertiary/aromatic N) is 1. The zero-order chi connectivity index (χ0) is 19.4.